The predicted molar refractivity (Wildman–Crippen MR) is 123 cm³/mol. The summed E-state index contributed by atoms with van der Waals surface area (Å²) in [6.45, 7) is 7.01. The molecule has 2 heterocycles. The van der Waals surface area contributed by atoms with Gasteiger partial charge in [-0.05, 0) is 37.3 Å². The van der Waals surface area contributed by atoms with Crippen LogP contribution in [0.2, 0.25) is 0 Å². The predicted octanol–water partition coefficient (Wildman–Crippen LogP) is 3.68. The number of thiazole rings is 1. The van der Waals surface area contributed by atoms with Gasteiger partial charge in [0.1, 0.15) is 17.0 Å². The van der Waals surface area contributed by atoms with E-state index in [9.17, 15) is 4.79 Å². The van der Waals surface area contributed by atoms with E-state index in [4.69, 9.17) is 19.2 Å². The third kappa shape index (κ3) is 4.98. The zero-order valence-corrected chi connectivity index (χ0v) is 18.7. The molecule has 0 bridgehead atoms. The van der Waals surface area contributed by atoms with Gasteiger partial charge < -0.3 is 14.2 Å². The molecule has 0 N–H and O–H groups in total. The van der Waals surface area contributed by atoms with Crippen molar-refractivity contribution < 1.29 is 19.0 Å². The maximum atomic E-state index is 13.5. The fraction of sp³-hybridized carbons (Fsp3) is 0.391. The standard InChI is InChI=1S/C23H27N3O4S/c1-3-30-19-8-5-9-20-21(19)24-23(31-20)26(11-10-25-12-14-29-15-13-25)22(27)17-6-4-7-18(16-17)28-2/h4-9,16H,3,10-15H2,1-2H3. The average Bonchev–Trinajstić information content (AvgIpc) is 3.25. The average molecular weight is 442 g/mol. The SMILES string of the molecule is CCOc1cccc2sc(N(CCN3CCOCC3)C(=O)c3cccc(OC)c3)nc12. The number of fused-ring (bicyclic) bond motifs is 1. The third-order valence-electron chi connectivity index (χ3n) is 5.21. The van der Waals surface area contributed by atoms with E-state index in [0.29, 0.717) is 29.6 Å². The van der Waals surface area contributed by atoms with Crippen LogP contribution >= 0.6 is 11.3 Å². The first-order chi connectivity index (χ1) is 15.2. The highest BCUT2D eigenvalue weighted by molar-refractivity contribution is 7.22. The molecule has 0 unspecified atom stereocenters. The summed E-state index contributed by atoms with van der Waals surface area (Å²) in [6, 6.07) is 13.1. The lowest BCUT2D eigenvalue weighted by Crippen LogP contribution is -2.43. The minimum absolute atomic E-state index is 0.0934. The molecule has 1 aromatic heterocycles. The van der Waals surface area contributed by atoms with Gasteiger partial charge in [-0.1, -0.05) is 23.5 Å². The van der Waals surface area contributed by atoms with Gasteiger partial charge in [0.05, 0.1) is 31.6 Å². The Kier molecular flexibility index (Phi) is 7.01. The quantitative estimate of drug-likeness (QED) is 0.531. The van der Waals surface area contributed by atoms with Gasteiger partial charge in [0.25, 0.3) is 5.91 Å². The summed E-state index contributed by atoms with van der Waals surface area (Å²) in [7, 11) is 1.60. The van der Waals surface area contributed by atoms with E-state index in [1.165, 1.54) is 11.3 Å². The number of nitrogens with zero attached hydrogens (tertiary/aromatic N) is 3. The second-order valence-corrected chi connectivity index (χ2v) is 8.18. The zero-order chi connectivity index (χ0) is 21.6. The molecule has 0 aliphatic carbocycles. The van der Waals surface area contributed by atoms with Crippen molar-refractivity contribution in [2.75, 3.05) is 58.0 Å². The minimum atomic E-state index is -0.0934. The largest absolute Gasteiger partial charge is 0.497 e. The Balaban J connectivity index is 1.66. The number of aromatic nitrogens is 1. The first kappa shape index (κ1) is 21.5. The van der Waals surface area contributed by atoms with Crippen molar-refractivity contribution in [3.63, 3.8) is 0 Å². The Hall–Kier alpha value is -2.68. The molecular weight excluding hydrogens is 414 g/mol. The van der Waals surface area contributed by atoms with Crippen LogP contribution in [0.3, 0.4) is 0 Å². The molecule has 164 valence electrons. The monoisotopic (exact) mass is 441 g/mol. The topological polar surface area (TPSA) is 64.1 Å². The normalized spacial score (nSPS) is 14.5. The van der Waals surface area contributed by atoms with Gasteiger partial charge >= 0.3 is 0 Å². The molecule has 0 saturated carbocycles. The number of anilines is 1. The van der Waals surface area contributed by atoms with E-state index in [2.05, 4.69) is 4.90 Å². The van der Waals surface area contributed by atoms with E-state index in [1.807, 2.05) is 43.3 Å². The van der Waals surface area contributed by atoms with Crippen LogP contribution in [0.15, 0.2) is 42.5 Å². The molecular formula is C23H27N3O4S. The van der Waals surface area contributed by atoms with Crippen LogP contribution < -0.4 is 14.4 Å². The number of hydrogen-bond donors (Lipinski definition) is 0. The van der Waals surface area contributed by atoms with Crippen molar-refractivity contribution in [3.05, 3.63) is 48.0 Å². The summed E-state index contributed by atoms with van der Waals surface area (Å²) in [5.74, 6) is 1.30. The molecule has 0 radical (unpaired) electrons. The Morgan fingerprint density at radius 1 is 1.23 bits per heavy atom. The highest BCUT2D eigenvalue weighted by Crippen LogP contribution is 2.35. The van der Waals surface area contributed by atoms with Crippen LogP contribution in [0.4, 0.5) is 5.13 Å². The minimum Gasteiger partial charge on any atom is -0.497 e. The number of methoxy groups -OCH3 is 1. The number of carbonyl (C=O) groups is 1. The number of morpholine rings is 1. The van der Waals surface area contributed by atoms with Crippen molar-refractivity contribution >= 4 is 32.6 Å². The van der Waals surface area contributed by atoms with Gasteiger partial charge in [-0.15, -0.1) is 0 Å². The number of para-hydroxylation sites is 1. The Morgan fingerprint density at radius 3 is 2.81 bits per heavy atom. The number of rotatable bonds is 8. The fourth-order valence-corrected chi connectivity index (χ4v) is 4.57. The van der Waals surface area contributed by atoms with Crippen LogP contribution in [0, 0.1) is 0 Å². The Labute approximate surface area is 186 Å². The number of amides is 1. The van der Waals surface area contributed by atoms with Crippen molar-refractivity contribution in [3.8, 4) is 11.5 Å². The second-order valence-electron chi connectivity index (χ2n) is 7.18. The van der Waals surface area contributed by atoms with Crippen molar-refractivity contribution in [2.24, 2.45) is 0 Å². The van der Waals surface area contributed by atoms with Crippen LogP contribution in [0.5, 0.6) is 11.5 Å². The molecule has 3 aromatic rings. The highest BCUT2D eigenvalue weighted by Gasteiger charge is 2.24. The van der Waals surface area contributed by atoms with Crippen LogP contribution in [-0.2, 0) is 4.74 Å². The molecule has 0 atom stereocenters. The molecule has 1 saturated heterocycles. The van der Waals surface area contributed by atoms with Gasteiger partial charge in [0, 0.05) is 31.7 Å². The summed E-state index contributed by atoms with van der Waals surface area (Å²) in [5.41, 5.74) is 1.37. The van der Waals surface area contributed by atoms with Crippen LogP contribution in [-0.4, -0.2) is 68.9 Å². The lowest BCUT2D eigenvalue weighted by atomic mass is 10.2. The second kappa shape index (κ2) is 10.1. The van der Waals surface area contributed by atoms with Crippen molar-refractivity contribution in [1.82, 2.24) is 9.88 Å². The molecule has 1 aliphatic rings. The van der Waals surface area contributed by atoms with Gasteiger partial charge in [-0.3, -0.25) is 14.6 Å². The van der Waals surface area contributed by atoms with E-state index in [0.717, 1.165) is 48.8 Å². The summed E-state index contributed by atoms with van der Waals surface area (Å²) in [4.78, 5) is 22.4. The molecule has 0 spiro atoms. The number of benzene rings is 2. The molecule has 7 nitrogen and oxygen atoms in total. The zero-order valence-electron chi connectivity index (χ0n) is 17.9. The van der Waals surface area contributed by atoms with E-state index in [1.54, 1.807) is 18.1 Å². The van der Waals surface area contributed by atoms with Crippen LogP contribution in [0.25, 0.3) is 10.2 Å². The molecule has 2 aromatic carbocycles. The highest BCUT2D eigenvalue weighted by atomic mass is 32.1. The lowest BCUT2D eigenvalue weighted by Gasteiger charge is -2.29. The summed E-state index contributed by atoms with van der Waals surface area (Å²) in [5, 5.41) is 0.670. The summed E-state index contributed by atoms with van der Waals surface area (Å²) >= 11 is 1.50. The molecule has 1 fully saturated rings. The van der Waals surface area contributed by atoms with Gasteiger partial charge in [-0.25, -0.2) is 4.98 Å². The number of ether oxygens (including phenoxy) is 3. The molecule has 31 heavy (non-hydrogen) atoms. The molecule has 8 heteroatoms. The fourth-order valence-electron chi connectivity index (χ4n) is 3.56. The van der Waals surface area contributed by atoms with E-state index >= 15 is 0 Å². The lowest BCUT2D eigenvalue weighted by molar-refractivity contribution is 0.0391. The summed E-state index contributed by atoms with van der Waals surface area (Å²) < 4.78 is 17.5. The first-order valence-corrected chi connectivity index (χ1v) is 11.3. The van der Waals surface area contributed by atoms with Crippen molar-refractivity contribution in [1.29, 1.82) is 0 Å². The molecule has 4 rings (SSSR count). The van der Waals surface area contributed by atoms with Gasteiger partial charge in [0.15, 0.2) is 5.13 Å². The number of carbonyl (C=O) groups excluding carboxylic acids is 1. The maximum Gasteiger partial charge on any atom is 0.260 e. The smallest absolute Gasteiger partial charge is 0.260 e. The van der Waals surface area contributed by atoms with Crippen molar-refractivity contribution in [2.45, 2.75) is 6.92 Å². The summed E-state index contributed by atoms with van der Waals surface area (Å²) in [6.07, 6.45) is 0. The Bertz CT molecular complexity index is 1030. The third-order valence-corrected chi connectivity index (χ3v) is 6.25. The first-order valence-electron chi connectivity index (χ1n) is 10.5. The van der Waals surface area contributed by atoms with Gasteiger partial charge in [-0.2, -0.15) is 0 Å². The van der Waals surface area contributed by atoms with Gasteiger partial charge in [0.2, 0.25) is 0 Å². The number of hydrogen-bond acceptors (Lipinski definition) is 7. The molecule has 1 aliphatic heterocycles. The van der Waals surface area contributed by atoms with E-state index in [-0.39, 0.29) is 5.91 Å². The Morgan fingerprint density at radius 2 is 2.03 bits per heavy atom. The molecule has 1 amide bonds. The van der Waals surface area contributed by atoms with E-state index < -0.39 is 0 Å². The van der Waals surface area contributed by atoms with Crippen LogP contribution in [0.1, 0.15) is 17.3 Å². The maximum absolute atomic E-state index is 13.5.